The van der Waals surface area contributed by atoms with E-state index in [1.54, 1.807) is 6.26 Å². The molecule has 1 aliphatic carbocycles. The molecular formula is C18H23NO2. The van der Waals surface area contributed by atoms with E-state index in [0.29, 0.717) is 18.7 Å². The summed E-state index contributed by atoms with van der Waals surface area (Å²) in [5.41, 5.74) is 2.58. The molecule has 1 N–H and O–H groups in total. The molecule has 1 aromatic heterocycles. The molecule has 1 heterocycles. The van der Waals surface area contributed by atoms with Gasteiger partial charge in [0, 0.05) is 24.1 Å². The van der Waals surface area contributed by atoms with Crippen molar-refractivity contribution in [2.75, 3.05) is 6.61 Å². The smallest absolute Gasteiger partial charge is 0.119 e. The zero-order valence-corrected chi connectivity index (χ0v) is 12.8. The zero-order chi connectivity index (χ0) is 14.7. The summed E-state index contributed by atoms with van der Waals surface area (Å²) in [5.74, 6) is 2.08. The first-order chi connectivity index (χ1) is 10.2. The van der Waals surface area contributed by atoms with E-state index in [2.05, 4.69) is 37.4 Å². The van der Waals surface area contributed by atoms with Crippen LogP contribution >= 0.6 is 0 Å². The number of hydrogen-bond donors (Lipinski definition) is 1. The number of rotatable bonds is 5. The van der Waals surface area contributed by atoms with E-state index in [-0.39, 0.29) is 0 Å². The number of nitrogens with one attached hydrogen (secondary N) is 1. The summed E-state index contributed by atoms with van der Waals surface area (Å²) in [5, 5.41) is 3.66. The molecule has 0 amide bonds. The molecule has 1 aliphatic rings. The van der Waals surface area contributed by atoms with Crippen LogP contribution < -0.4 is 10.1 Å². The molecule has 0 saturated heterocycles. The average Bonchev–Trinajstić information content (AvgIpc) is 2.96. The zero-order valence-electron chi connectivity index (χ0n) is 12.8. The van der Waals surface area contributed by atoms with Crippen LogP contribution in [0.4, 0.5) is 0 Å². The average molecular weight is 285 g/mol. The van der Waals surface area contributed by atoms with Crippen molar-refractivity contribution in [3.8, 4) is 5.75 Å². The van der Waals surface area contributed by atoms with Crippen LogP contribution in [0.2, 0.25) is 0 Å². The van der Waals surface area contributed by atoms with Crippen LogP contribution in [0.25, 0.3) is 0 Å². The summed E-state index contributed by atoms with van der Waals surface area (Å²) >= 11 is 0. The Balaban J connectivity index is 1.53. The van der Waals surface area contributed by atoms with E-state index >= 15 is 0 Å². The molecule has 0 radical (unpaired) electrons. The Kier molecular flexibility index (Phi) is 4.30. The standard InChI is InChI=1S/C18H23NO2/c1-13-6-8-15(9-7-13)21-12-14(2)19-17-4-3-5-18-16(17)10-11-20-18/h6-11,14,17,19H,3-5,12H2,1-2H3. The van der Waals surface area contributed by atoms with Crippen molar-refractivity contribution in [1.29, 1.82) is 0 Å². The van der Waals surface area contributed by atoms with Crippen LogP contribution in [0, 0.1) is 6.92 Å². The molecule has 0 aliphatic heterocycles. The lowest BCUT2D eigenvalue weighted by atomic mass is 9.93. The third-order valence-electron chi connectivity index (χ3n) is 4.06. The maximum absolute atomic E-state index is 5.85. The van der Waals surface area contributed by atoms with Crippen LogP contribution in [0.1, 0.15) is 42.7 Å². The largest absolute Gasteiger partial charge is 0.492 e. The monoisotopic (exact) mass is 285 g/mol. The van der Waals surface area contributed by atoms with E-state index < -0.39 is 0 Å². The third-order valence-corrected chi connectivity index (χ3v) is 4.06. The molecule has 0 saturated carbocycles. The van der Waals surface area contributed by atoms with Gasteiger partial charge in [-0.3, -0.25) is 0 Å². The summed E-state index contributed by atoms with van der Waals surface area (Å²) in [7, 11) is 0. The highest BCUT2D eigenvalue weighted by molar-refractivity contribution is 5.26. The minimum Gasteiger partial charge on any atom is -0.492 e. The minimum absolute atomic E-state index is 0.303. The Hall–Kier alpha value is -1.74. The van der Waals surface area contributed by atoms with Crippen molar-refractivity contribution in [1.82, 2.24) is 5.32 Å². The predicted octanol–water partition coefficient (Wildman–Crippen LogP) is 4.02. The Morgan fingerprint density at radius 2 is 2.10 bits per heavy atom. The van der Waals surface area contributed by atoms with Crippen molar-refractivity contribution in [2.24, 2.45) is 0 Å². The summed E-state index contributed by atoms with van der Waals surface area (Å²) < 4.78 is 11.4. The predicted molar refractivity (Wildman–Crippen MR) is 83.7 cm³/mol. The van der Waals surface area contributed by atoms with Crippen molar-refractivity contribution in [2.45, 2.75) is 45.2 Å². The summed E-state index contributed by atoms with van der Waals surface area (Å²) in [6.45, 7) is 4.93. The van der Waals surface area contributed by atoms with E-state index in [1.807, 2.05) is 12.1 Å². The molecule has 3 heteroatoms. The number of benzene rings is 1. The topological polar surface area (TPSA) is 34.4 Å². The number of hydrogen-bond acceptors (Lipinski definition) is 3. The quantitative estimate of drug-likeness (QED) is 0.901. The summed E-state index contributed by atoms with van der Waals surface area (Å²) in [4.78, 5) is 0. The summed E-state index contributed by atoms with van der Waals surface area (Å²) in [6.07, 6.45) is 5.22. The Morgan fingerprint density at radius 3 is 2.90 bits per heavy atom. The molecule has 112 valence electrons. The van der Waals surface area contributed by atoms with E-state index in [1.165, 1.54) is 24.0 Å². The van der Waals surface area contributed by atoms with Gasteiger partial charge in [-0.25, -0.2) is 0 Å². The van der Waals surface area contributed by atoms with Crippen molar-refractivity contribution in [3.05, 3.63) is 53.5 Å². The van der Waals surface area contributed by atoms with Gasteiger partial charge in [0.15, 0.2) is 0 Å². The lowest BCUT2D eigenvalue weighted by Crippen LogP contribution is -2.36. The fraction of sp³-hybridized carbons (Fsp3) is 0.444. The lowest BCUT2D eigenvalue weighted by molar-refractivity contribution is 0.254. The molecule has 1 aromatic carbocycles. The van der Waals surface area contributed by atoms with Gasteiger partial charge in [-0.2, -0.15) is 0 Å². The van der Waals surface area contributed by atoms with Gasteiger partial charge in [0.05, 0.1) is 6.26 Å². The van der Waals surface area contributed by atoms with Gasteiger partial charge in [-0.15, -0.1) is 0 Å². The minimum atomic E-state index is 0.303. The molecule has 3 rings (SSSR count). The second-order valence-corrected chi connectivity index (χ2v) is 5.94. The van der Waals surface area contributed by atoms with Crippen molar-refractivity contribution in [3.63, 3.8) is 0 Å². The van der Waals surface area contributed by atoms with Gasteiger partial charge < -0.3 is 14.5 Å². The number of fused-ring (bicyclic) bond motifs is 1. The van der Waals surface area contributed by atoms with E-state index in [0.717, 1.165) is 17.9 Å². The number of furan rings is 1. The van der Waals surface area contributed by atoms with Gasteiger partial charge in [-0.1, -0.05) is 17.7 Å². The van der Waals surface area contributed by atoms with Gasteiger partial charge in [0.1, 0.15) is 18.1 Å². The van der Waals surface area contributed by atoms with Crippen molar-refractivity contribution >= 4 is 0 Å². The number of aryl methyl sites for hydroxylation is 2. The molecule has 0 bridgehead atoms. The van der Waals surface area contributed by atoms with Gasteiger partial charge in [0.2, 0.25) is 0 Å². The molecule has 2 unspecified atom stereocenters. The Morgan fingerprint density at radius 1 is 1.29 bits per heavy atom. The molecule has 21 heavy (non-hydrogen) atoms. The van der Waals surface area contributed by atoms with Gasteiger partial charge in [-0.05, 0) is 44.9 Å². The first-order valence-corrected chi connectivity index (χ1v) is 7.74. The highest BCUT2D eigenvalue weighted by Gasteiger charge is 2.23. The number of ether oxygens (including phenoxy) is 1. The molecule has 3 nitrogen and oxygen atoms in total. The first kappa shape index (κ1) is 14.2. The second kappa shape index (κ2) is 6.35. The van der Waals surface area contributed by atoms with Crippen LogP contribution in [0.5, 0.6) is 5.75 Å². The molecule has 0 fully saturated rings. The van der Waals surface area contributed by atoms with Gasteiger partial charge in [0.25, 0.3) is 0 Å². The highest BCUT2D eigenvalue weighted by Crippen LogP contribution is 2.30. The highest BCUT2D eigenvalue weighted by atomic mass is 16.5. The van der Waals surface area contributed by atoms with E-state index in [4.69, 9.17) is 9.15 Å². The first-order valence-electron chi connectivity index (χ1n) is 7.74. The van der Waals surface area contributed by atoms with Crippen LogP contribution in [-0.2, 0) is 6.42 Å². The van der Waals surface area contributed by atoms with E-state index in [9.17, 15) is 0 Å². The lowest BCUT2D eigenvalue weighted by Gasteiger charge is -2.26. The summed E-state index contributed by atoms with van der Waals surface area (Å²) in [6, 6.07) is 11.0. The van der Waals surface area contributed by atoms with Gasteiger partial charge >= 0.3 is 0 Å². The fourth-order valence-corrected chi connectivity index (χ4v) is 2.91. The Labute approximate surface area is 126 Å². The third kappa shape index (κ3) is 3.48. The maximum Gasteiger partial charge on any atom is 0.119 e. The van der Waals surface area contributed by atoms with Crippen molar-refractivity contribution < 1.29 is 9.15 Å². The molecule has 2 atom stereocenters. The molecule has 0 spiro atoms. The molecular weight excluding hydrogens is 262 g/mol. The SMILES string of the molecule is Cc1ccc(OCC(C)NC2CCCc3occc32)cc1. The fourth-order valence-electron chi connectivity index (χ4n) is 2.91. The second-order valence-electron chi connectivity index (χ2n) is 5.94. The normalized spacial score (nSPS) is 19.0. The maximum atomic E-state index is 5.85. The van der Waals surface area contributed by atoms with Crippen LogP contribution in [-0.4, -0.2) is 12.6 Å². The Bertz CT molecular complexity index is 573. The van der Waals surface area contributed by atoms with Crippen LogP contribution in [0.15, 0.2) is 41.0 Å². The van der Waals surface area contributed by atoms with Crippen LogP contribution in [0.3, 0.4) is 0 Å². The molecule has 2 aromatic rings.